The Kier molecular flexibility index (Phi) is 10.2. The van der Waals surface area contributed by atoms with Crippen LogP contribution in [0, 0.1) is 20.8 Å². The van der Waals surface area contributed by atoms with Gasteiger partial charge in [-0.25, -0.2) is 9.59 Å². The van der Waals surface area contributed by atoms with E-state index in [1.54, 1.807) is 6.92 Å². The van der Waals surface area contributed by atoms with E-state index < -0.39 is 18.0 Å². The van der Waals surface area contributed by atoms with Gasteiger partial charge in [-0.2, -0.15) is 0 Å². The van der Waals surface area contributed by atoms with Crippen molar-refractivity contribution < 1.29 is 23.8 Å². The molecule has 6 nitrogen and oxygen atoms in total. The molecule has 0 fully saturated rings. The average molecular weight is 576 g/mol. The van der Waals surface area contributed by atoms with Crippen molar-refractivity contribution in [3.63, 3.8) is 0 Å². The summed E-state index contributed by atoms with van der Waals surface area (Å²) < 4.78 is 16.3. The van der Waals surface area contributed by atoms with E-state index in [4.69, 9.17) is 14.2 Å². The van der Waals surface area contributed by atoms with Crippen LogP contribution in [-0.4, -0.2) is 31.3 Å². The van der Waals surface area contributed by atoms with Gasteiger partial charge in [-0.15, -0.1) is 0 Å². The van der Waals surface area contributed by atoms with Gasteiger partial charge < -0.3 is 19.1 Å². The Balaban J connectivity index is 1.52. The fourth-order valence-electron chi connectivity index (χ4n) is 4.60. The van der Waals surface area contributed by atoms with Crippen LogP contribution in [0.3, 0.4) is 0 Å². The van der Waals surface area contributed by atoms with Crippen molar-refractivity contribution in [1.82, 2.24) is 0 Å². The average Bonchev–Trinajstić information content (AvgIpc) is 2.99. The number of rotatable bonds is 12. The summed E-state index contributed by atoms with van der Waals surface area (Å²) in [6.07, 6.45) is 0.254. The molecule has 0 saturated carbocycles. The van der Waals surface area contributed by atoms with E-state index in [1.165, 1.54) is 11.1 Å². The Morgan fingerprint density at radius 3 is 1.95 bits per heavy atom. The van der Waals surface area contributed by atoms with E-state index in [9.17, 15) is 9.59 Å². The van der Waals surface area contributed by atoms with Crippen molar-refractivity contribution in [3.05, 3.63) is 132 Å². The topological polar surface area (TPSA) is 65.1 Å². The molecule has 0 spiro atoms. The zero-order valence-corrected chi connectivity index (χ0v) is 25.1. The highest BCUT2D eigenvalue weighted by Crippen LogP contribution is 2.38. The van der Waals surface area contributed by atoms with Gasteiger partial charge in [0.1, 0.15) is 19.0 Å². The minimum Gasteiger partial charge on any atom is -0.490 e. The maximum Gasteiger partial charge on any atom is 0.333 e. The normalized spacial score (nSPS) is 11.3. The predicted molar refractivity (Wildman–Crippen MR) is 172 cm³/mol. The first-order valence-electron chi connectivity index (χ1n) is 14.1. The first kappa shape index (κ1) is 30.8. The van der Waals surface area contributed by atoms with Crippen molar-refractivity contribution in [2.75, 3.05) is 18.1 Å². The lowest BCUT2D eigenvalue weighted by Gasteiger charge is -2.28. The summed E-state index contributed by atoms with van der Waals surface area (Å²) in [5.41, 5.74) is 9.21. The summed E-state index contributed by atoms with van der Waals surface area (Å²) in [5.74, 6) is -0.600. The van der Waals surface area contributed by atoms with E-state index >= 15 is 0 Å². The van der Waals surface area contributed by atoms with Crippen LogP contribution in [0.15, 0.2) is 116 Å². The molecule has 1 atom stereocenters. The molecule has 0 bridgehead atoms. The third-order valence-electron chi connectivity index (χ3n) is 6.78. The van der Waals surface area contributed by atoms with Crippen LogP contribution in [0.2, 0.25) is 0 Å². The van der Waals surface area contributed by atoms with Crippen molar-refractivity contribution in [1.29, 1.82) is 0 Å². The van der Waals surface area contributed by atoms with Crippen LogP contribution in [0.4, 0.5) is 17.1 Å². The minimum absolute atomic E-state index is 0.00393. The van der Waals surface area contributed by atoms with Crippen LogP contribution in [0.25, 0.3) is 11.1 Å². The van der Waals surface area contributed by atoms with Gasteiger partial charge >= 0.3 is 11.9 Å². The Hall–Kier alpha value is -5.10. The third kappa shape index (κ3) is 8.23. The molecule has 0 aliphatic heterocycles. The largest absolute Gasteiger partial charge is 0.490 e. The Morgan fingerprint density at radius 1 is 0.814 bits per heavy atom. The molecule has 0 N–H and O–H groups in total. The lowest BCUT2D eigenvalue weighted by atomic mass is 10.0. The lowest BCUT2D eigenvalue weighted by Crippen LogP contribution is -2.30. The summed E-state index contributed by atoms with van der Waals surface area (Å²) >= 11 is 0. The van der Waals surface area contributed by atoms with Crippen LogP contribution < -0.4 is 9.64 Å². The first-order valence-corrected chi connectivity index (χ1v) is 14.1. The van der Waals surface area contributed by atoms with Gasteiger partial charge in [0.2, 0.25) is 0 Å². The summed E-state index contributed by atoms with van der Waals surface area (Å²) in [5, 5.41) is 0. The fourth-order valence-corrected chi connectivity index (χ4v) is 4.60. The van der Waals surface area contributed by atoms with E-state index in [0.29, 0.717) is 5.75 Å². The van der Waals surface area contributed by atoms with Crippen molar-refractivity contribution in [3.8, 4) is 16.9 Å². The van der Waals surface area contributed by atoms with Gasteiger partial charge in [0.25, 0.3) is 0 Å². The van der Waals surface area contributed by atoms with Gasteiger partial charge in [0.15, 0.2) is 6.10 Å². The van der Waals surface area contributed by atoms with Crippen LogP contribution in [0.1, 0.15) is 23.6 Å². The number of aryl methyl sites for hydroxylation is 3. The third-order valence-corrected chi connectivity index (χ3v) is 6.78. The molecule has 6 heteroatoms. The molecule has 4 rings (SSSR count). The number of carbonyl (C=O) groups excluding carboxylic acids is 2. The van der Waals surface area contributed by atoms with Crippen molar-refractivity contribution >= 4 is 29.0 Å². The standard InChI is InChI=1S/C37H37NO5/c1-7-36(39)43-34(24-42-37(40)25(2)3)23-41-33-17-14-29(15-18-33)30-16-19-35(28(6)22-30)38(31-12-8-10-26(4)20-31)32-13-9-11-27(5)21-32/h7-22,34H,1-2,23-24H2,3-6H3. The molecule has 0 radical (unpaired) electrons. The molecule has 0 aromatic heterocycles. The number of esters is 2. The molecule has 0 amide bonds. The highest BCUT2D eigenvalue weighted by atomic mass is 16.6. The highest BCUT2D eigenvalue weighted by Gasteiger charge is 2.18. The molecule has 0 heterocycles. The SMILES string of the molecule is C=CC(=O)OC(COC(=O)C(=C)C)COc1ccc(-c2ccc(N(c3cccc(C)c3)c3cccc(C)c3)c(C)c2)cc1. The highest BCUT2D eigenvalue weighted by molar-refractivity contribution is 5.87. The van der Waals surface area contributed by atoms with Crippen molar-refractivity contribution in [2.45, 2.75) is 33.8 Å². The molecule has 4 aromatic carbocycles. The lowest BCUT2D eigenvalue weighted by molar-refractivity contribution is -0.154. The number of anilines is 3. The van der Waals surface area contributed by atoms with E-state index in [0.717, 1.165) is 39.8 Å². The van der Waals surface area contributed by atoms with E-state index in [-0.39, 0.29) is 18.8 Å². The molecule has 0 aliphatic carbocycles. The molecular weight excluding hydrogens is 538 g/mol. The molecule has 0 aliphatic rings. The quantitative estimate of drug-likeness (QED) is 0.125. The number of hydrogen-bond acceptors (Lipinski definition) is 6. The Bertz CT molecular complexity index is 1580. The smallest absolute Gasteiger partial charge is 0.333 e. The fraction of sp³-hybridized carbons (Fsp3) is 0.189. The molecular formula is C37H37NO5. The summed E-state index contributed by atoms with van der Waals surface area (Å²) in [6.45, 7) is 14.7. The second-order valence-electron chi connectivity index (χ2n) is 10.5. The van der Waals surface area contributed by atoms with Crippen LogP contribution >= 0.6 is 0 Å². The number of ether oxygens (including phenoxy) is 3. The first-order chi connectivity index (χ1) is 20.6. The van der Waals surface area contributed by atoms with E-state index in [2.05, 4.69) is 106 Å². The van der Waals surface area contributed by atoms with Gasteiger partial charge in [-0.05, 0) is 104 Å². The second kappa shape index (κ2) is 14.2. The molecule has 220 valence electrons. The minimum atomic E-state index is -0.798. The predicted octanol–water partition coefficient (Wildman–Crippen LogP) is 8.34. The Morgan fingerprint density at radius 2 is 1.42 bits per heavy atom. The molecule has 0 saturated heterocycles. The second-order valence-corrected chi connectivity index (χ2v) is 10.5. The Labute approximate surface area is 253 Å². The number of nitrogens with zero attached hydrogens (tertiary/aromatic N) is 1. The van der Waals surface area contributed by atoms with Gasteiger partial charge in [0.05, 0.1) is 0 Å². The van der Waals surface area contributed by atoms with Gasteiger partial charge in [-0.1, -0.05) is 55.6 Å². The van der Waals surface area contributed by atoms with Gasteiger partial charge in [-0.3, -0.25) is 0 Å². The molecule has 43 heavy (non-hydrogen) atoms. The van der Waals surface area contributed by atoms with Crippen molar-refractivity contribution in [2.24, 2.45) is 0 Å². The summed E-state index contributed by atoms with van der Waals surface area (Å²) in [6, 6.07) is 31.2. The van der Waals surface area contributed by atoms with Crippen LogP contribution in [0.5, 0.6) is 5.75 Å². The summed E-state index contributed by atoms with van der Waals surface area (Å²) in [4.78, 5) is 25.8. The summed E-state index contributed by atoms with van der Waals surface area (Å²) in [7, 11) is 0. The van der Waals surface area contributed by atoms with Crippen LogP contribution in [-0.2, 0) is 19.1 Å². The monoisotopic (exact) mass is 575 g/mol. The number of benzene rings is 4. The number of carbonyl (C=O) groups is 2. The van der Waals surface area contributed by atoms with E-state index in [1.807, 2.05) is 24.3 Å². The van der Waals surface area contributed by atoms with Gasteiger partial charge in [0, 0.05) is 28.7 Å². The zero-order valence-electron chi connectivity index (χ0n) is 25.1. The molecule has 4 aromatic rings. The number of hydrogen-bond donors (Lipinski definition) is 0. The zero-order chi connectivity index (χ0) is 30.9. The maximum absolute atomic E-state index is 11.8. The molecule has 1 unspecified atom stereocenters. The maximum atomic E-state index is 11.8.